The van der Waals surface area contributed by atoms with Gasteiger partial charge in [-0.1, -0.05) is 0 Å². The van der Waals surface area contributed by atoms with Gasteiger partial charge in [0.15, 0.2) is 0 Å². The maximum Gasteiger partial charge on any atom is 0.233 e. The van der Waals surface area contributed by atoms with Crippen LogP contribution < -0.4 is 15.5 Å². The fourth-order valence-electron chi connectivity index (χ4n) is 2.31. The predicted octanol–water partition coefficient (Wildman–Crippen LogP) is -4.85. The summed E-state index contributed by atoms with van der Waals surface area (Å²) in [7, 11) is 1.55. The van der Waals surface area contributed by atoms with Crippen molar-refractivity contribution >= 4 is 17.8 Å². The molecule has 1 N–H and O–H groups in total. The van der Waals surface area contributed by atoms with Crippen molar-refractivity contribution in [3.05, 3.63) is 0 Å². The highest BCUT2D eigenvalue weighted by molar-refractivity contribution is 5.77. The highest BCUT2D eigenvalue weighted by atomic mass is 16.4. The smallest absolute Gasteiger partial charge is 0.233 e. The molecule has 0 unspecified atom stereocenters. The molecule has 1 fully saturated rings. The average Bonchev–Trinajstić information content (AvgIpc) is 2.51. The molecule has 1 saturated heterocycles. The number of carbonyl (C=O) groups excluding carboxylic acids is 3. The van der Waals surface area contributed by atoms with E-state index in [1.807, 2.05) is 4.90 Å². The lowest BCUT2D eigenvalue weighted by atomic mass is 10.4. The molecule has 9 nitrogen and oxygen atoms in total. The minimum atomic E-state index is -1.18. The lowest BCUT2D eigenvalue weighted by molar-refractivity contribution is -0.308. The monoisotopic (exact) mass is 314 g/mol. The lowest BCUT2D eigenvalue weighted by Gasteiger charge is -2.26. The Morgan fingerprint density at radius 3 is 1.36 bits per heavy atom. The summed E-state index contributed by atoms with van der Waals surface area (Å²) in [6.45, 7) is 2.62. The molecule has 0 spiro atoms. The van der Waals surface area contributed by atoms with Crippen LogP contribution in [0.3, 0.4) is 0 Å². The molecule has 0 aromatic rings. The third-order valence-corrected chi connectivity index (χ3v) is 3.55. The van der Waals surface area contributed by atoms with Gasteiger partial charge in [0.25, 0.3) is 0 Å². The fraction of sp³-hybridized carbons (Fsp3) is 0.769. The molecule has 0 radical (unpaired) electrons. The van der Waals surface area contributed by atoms with Crippen LogP contribution in [0, 0.1) is 0 Å². The standard InChI is InChI=1S/C13H24N4O5/c1-14-11(18)8-15-2-4-16(9-12(19)20)6-7-17(5-3-15)10-13(21)22/h2-10H2,1H3,(H,14,18)(H,19,20)(H,21,22)/p-2. The molecule has 126 valence electrons. The number of nitrogens with one attached hydrogen (secondary N) is 1. The summed E-state index contributed by atoms with van der Waals surface area (Å²) in [5, 5.41) is 24.1. The Bertz CT molecular complexity index is 376. The fourth-order valence-corrected chi connectivity index (χ4v) is 2.31. The number of hydrogen-bond donors (Lipinski definition) is 1. The first kappa shape index (κ1) is 18.3. The molecule has 1 aliphatic heterocycles. The number of hydrogen-bond acceptors (Lipinski definition) is 8. The molecule has 9 heteroatoms. The second-order valence-corrected chi connectivity index (χ2v) is 5.25. The van der Waals surface area contributed by atoms with Crippen LogP contribution in [0.15, 0.2) is 0 Å². The normalized spacial score (nSPS) is 19.0. The van der Waals surface area contributed by atoms with Gasteiger partial charge in [0, 0.05) is 59.4 Å². The Morgan fingerprint density at radius 2 is 1.09 bits per heavy atom. The van der Waals surface area contributed by atoms with Crippen molar-refractivity contribution in [2.75, 3.05) is 66.0 Å². The molecule has 0 atom stereocenters. The third kappa shape index (κ3) is 7.34. The van der Waals surface area contributed by atoms with Crippen LogP contribution in [-0.2, 0) is 14.4 Å². The Hall–Kier alpha value is -1.71. The van der Waals surface area contributed by atoms with Crippen LogP contribution in [0.2, 0.25) is 0 Å². The predicted molar refractivity (Wildman–Crippen MR) is 73.4 cm³/mol. The number of nitrogens with zero attached hydrogens (tertiary/aromatic N) is 3. The lowest BCUT2D eigenvalue weighted by Crippen LogP contribution is -2.45. The quantitative estimate of drug-likeness (QED) is 0.518. The molecule has 1 heterocycles. The second-order valence-electron chi connectivity index (χ2n) is 5.25. The minimum Gasteiger partial charge on any atom is -0.549 e. The van der Waals surface area contributed by atoms with Crippen LogP contribution in [0.4, 0.5) is 0 Å². The summed E-state index contributed by atoms with van der Waals surface area (Å²) >= 11 is 0. The first-order valence-corrected chi connectivity index (χ1v) is 7.18. The van der Waals surface area contributed by atoms with E-state index in [1.165, 1.54) is 0 Å². The minimum absolute atomic E-state index is 0.142. The van der Waals surface area contributed by atoms with Gasteiger partial charge in [-0.15, -0.1) is 0 Å². The summed E-state index contributed by atoms with van der Waals surface area (Å²) in [5.41, 5.74) is 0. The molecular formula is C13H22N4O5-2. The van der Waals surface area contributed by atoms with Crippen LogP contribution in [0.1, 0.15) is 0 Å². The molecule has 1 aliphatic rings. The molecule has 1 rings (SSSR count). The molecule has 0 aromatic carbocycles. The van der Waals surface area contributed by atoms with Gasteiger partial charge in [0.05, 0.1) is 18.5 Å². The van der Waals surface area contributed by atoms with Crippen LogP contribution in [-0.4, -0.2) is 98.5 Å². The van der Waals surface area contributed by atoms with E-state index < -0.39 is 11.9 Å². The van der Waals surface area contributed by atoms with Crippen molar-refractivity contribution < 1.29 is 24.6 Å². The zero-order valence-electron chi connectivity index (χ0n) is 12.7. The van der Waals surface area contributed by atoms with Gasteiger partial charge < -0.3 is 25.1 Å². The number of aliphatic carboxylic acids is 2. The highest BCUT2D eigenvalue weighted by Gasteiger charge is 2.17. The largest absolute Gasteiger partial charge is 0.549 e. The van der Waals surface area contributed by atoms with Gasteiger partial charge in [-0.05, 0) is 0 Å². The van der Waals surface area contributed by atoms with E-state index in [0.29, 0.717) is 39.3 Å². The average molecular weight is 314 g/mol. The number of amides is 1. The van der Waals surface area contributed by atoms with Gasteiger partial charge in [0.2, 0.25) is 5.91 Å². The van der Waals surface area contributed by atoms with Gasteiger partial charge in [-0.2, -0.15) is 0 Å². The van der Waals surface area contributed by atoms with Crippen LogP contribution in [0.5, 0.6) is 0 Å². The highest BCUT2D eigenvalue weighted by Crippen LogP contribution is 2.00. The van der Waals surface area contributed by atoms with Gasteiger partial charge in [-0.3, -0.25) is 19.5 Å². The Morgan fingerprint density at radius 1 is 0.773 bits per heavy atom. The van der Waals surface area contributed by atoms with Gasteiger partial charge in [0.1, 0.15) is 0 Å². The third-order valence-electron chi connectivity index (χ3n) is 3.55. The zero-order chi connectivity index (χ0) is 16.5. The van der Waals surface area contributed by atoms with Gasteiger partial charge >= 0.3 is 0 Å². The number of carboxylic acid groups (broad SMARTS) is 2. The number of likely N-dealkylation sites (N-methyl/N-ethyl adjacent to an activating group) is 1. The number of carboxylic acids is 2. The first-order valence-electron chi connectivity index (χ1n) is 7.18. The molecule has 0 aromatic heterocycles. The van der Waals surface area contributed by atoms with Crippen molar-refractivity contribution in [1.82, 2.24) is 20.0 Å². The zero-order valence-corrected chi connectivity index (χ0v) is 12.7. The summed E-state index contributed by atoms with van der Waals surface area (Å²) in [6, 6.07) is 0. The van der Waals surface area contributed by atoms with Gasteiger partial charge in [-0.25, -0.2) is 0 Å². The summed E-state index contributed by atoms with van der Waals surface area (Å²) in [5.74, 6) is -2.50. The van der Waals surface area contributed by atoms with Crippen molar-refractivity contribution in [3.8, 4) is 0 Å². The van der Waals surface area contributed by atoms with E-state index in [4.69, 9.17) is 0 Å². The van der Waals surface area contributed by atoms with Crippen LogP contribution >= 0.6 is 0 Å². The SMILES string of the molecule is CNC(=O)CN1CCN(CC(=O)[O-])CCN(CC(=O)[O-])CC1. The van der Waals surface area contributed by atoms with Crippen molar-refractivity contribution in [1.29, 1.82) is 0 Å². The van der Waals surface area contributed by atoms with E-state index in [-0.39, 0.29) is 25.5 Å². The van der Waals surface area contributed by atoms with Crippen molar-refractivity contribution in [3.63, 3.8) is 0 Å². The second kappa shape index (κ2) is 9.34. The Kier molecular flexibility index (Phi) is 7.78. The molecule has 0 bridgehead atoms. The molecule has 0 saturated carbocycles. The molecular weight excluding hydrogens is 292 g/mol. The van der Waals surface area contributed by atoms with Crippen LogP contribution in [0.25, 0.3) is 0 Å². The number of rotatable bonds is 6. The molecule has 22 heavy (non-hydrogen) atoms. The van der Waals surface area contributed by atoms with E-state index in [1.54, 1.807) is 16.8 Å². The van der Waals surface area contributed by atoms with E-state index in [2.05, 4.69) is 5.32 Å². The van der Waals surface area contributed by atoms with Crippen molar-refractivity contribution in [2.45, 2.75) is 0 Å². The summed E-state index contributed by atoms with van der Waals surface area (Å²) in [4.78, 5) is 38.3. The maximum atomic E-state index is 11.5. The number of carbonyl (C=O) groups is 3. The Balaban J connectivity index is 2.69. The Labute approximate surface area is 129 Å². The van der Waals surface area contributed by atoms with E-state index >= 15 is 0 Å². The maximum absolute atomic E-state index is 11.5. The molecule has 0 aliphatic carbocycles. The summed E-state index contributed by atoms with van der Waals surface area (Å²) in [6.07, 6.45) is 0. The topological polar surface area (TPSA) is 119 Å². The van der Waals surface area contributed by atoms with Crippen molar-refractivity contribution in [2.24, 2.45) is 0 Å². The first-order chi connectivity index (χ1) is 10.4. The summed E-state index contributed by atoms with van der Waals surface area (Å²) < 4.78 is 0. The molecule has 1 amide bonds. The van der Waals surface area contributed by atoms with E-state index in [0.717, 1.165) is 0 Å². The van der Waals surface area contributed by atoms with E-state index in [9.17, 15) is 24.6 Å².